The van der Waals surface area contributed by atoms with Crippen LogP contribution in [-0.4, -0.2) is 20.9 Å². The van der Waals surface area contributed by atoms with Crippen molar-refractivity contribution in [3.05, 3.63) is 63.7 Å². The fourth-order valence-corrected chi connectivity index (χ4v) is 2.87. The third-order valence-corrected chi connectivity index (χ3v) is 4.40. The van der Waals surface area contributed by atoms with Gasteiger partial charge in [-0.15, -0.1) is 5.10 Å². The first-order valence-corrected chi connectivity index (χ1v) is 9.00. The number of carbonyl (C=O) groups is 1. The first-order chi connectivity index (χ1) is 13.0. The Hall–Kier alpha value is -2.80. The molecular formula is C19H18ClFN4O2. The molecule has 140 valence electrons. The van der Waals surface area contributed by atoms with E-state index in [4.69, 9.17) is 11.6 Å². The number of amides is 1. The minimum absolute atomic E-state index is 0.0327. The fourth-order valence-electron chi connectivity index (χ4n) is 2.69. The Balaban J connectivity index is 1.44. The zero-order valence-electron chi connectivity index (χ0n) is 14.5. The van der Waals surface area contributed by atoms with Crippen LogP contribution in [0.3, 0.4) is 0 Å². The minimum Gasteiger partial charge on any atom is -0.326 e. The van der Waals surface area contributed by atoms with Crippen molar-refractivity contribution in [1.82, 2.24) is 15.0 Å². The SMILES string of the molecule is O=C(CCCCCn1nnc2ccccc2c1=O)Nc1ccc(F)c(Cl)c1. The number of halogens is 2. The van der Waals surface area contributed by atoms with Crippen molar-refractivity contribution in [2.75, 3.05) is 5.32 Å². The molecule has 6 nitrogen and oxygen atoms in total. The molecule has 0 aliphatic heterocycles. The van der Waals surface area contributed by atoms with Gasteiger partial charge in [0.15, 0.2) is 0 Å². The second-order valence-corrected chi connectivity index (χ2v) is 6.53. The van der Waals surface area contributed by atoms with E-state index in [1.807, 2.05) is 6.07 Å². The Labute approximate surface area is 160 Å². The van der Waals surface area contributed by atoms with Gasteiger partial charge in [0.1, 0.15) is 11.3 Å². The second kappa shape index (κ2) is 8.73. The van der Waals surface area contributed by atoms with Gasteiger partial charge in [0.2, 0.25) is 5.91 Å². The maximum absolute atomic E-state index is 13.1. The predicted octanol–water partition coefficient (Wildman–Crippen LogP) is 3.78. The highest BCUT2D eigenvalue weighted by Gasteiger charge is 2.07. The Morgan fingerprint density at radius 3 is 2.78 bits per heavy atom. The summed E-state index contributed by atoms with van der Waals surface area (Å²) in [6.07, 6.45) is 2.46. The lowest BCUT2D eigenvalue weighted by atomic mass is 10.2. The van der Waals surface area contributed by atoms with Gasteiger partial charge in [0.25, 0.3) is 5.56 Å². The number of aromatic nitrogens is 3. The van der Waals surface area contributed by atoms with Gasteiger partial charge in [-0.2, -0.15) is 0 Å². The molecule has 8 heteroatoms. The molecule has 1 amide bonds. The number of benzene rings is 2. The number of rotatable bonds is 7. The van der Waals surface area contributed by atoms with Gasteiger partial charge in [-0.1, -0.05) is 35.4 Å². The van der Waals surface area contributed by atoms with Crippen LogP contribution in [0, 0.1) is 5.82 Å². The van der Waals surface area contributed by atoms with Crippen LogP contribution < -0.4 is 10.9 Å². The molecular weight excluding hydrogens is 371 g/mol. The van der Waals surface area contributed by atoms with Gasteiger partial charge >= 0.3 is 0 Å². The van der Waals surface area contributed by atoms with Crippen molar-refractivity contribution in [1.29, 1.82) is 0 Å². The molecule has 0 spiro atoms. The number of carbonyl (C=O) groups excluding carboxylic acids is 1. The minimum atomic E-state index is -0.526. The van der Waals surface area contributed by atoms with E-state index in [-0.39, 0.29) is 16.5 Å². The van der Waals surface area contributed by atoms with Crippen LogP contribution in [0.1, 0.15) is 25.7 Å². The first-order valence-electron chi connectivity index (χ1n) is 8.62. The lowest BCUT2D eigenvalue weighted by molar-refractivity contribution is -0.116. The van der Waals surface area contributed by atoms with E-state index in [2.05, 4.69) is 15.6 Å². The molecule has 2 aromatic carbocycles. The number of aryl methyl sites for hydroxylation is 1. The molecule has 1 heterocycles. The molecule has 3 aromatic rings. The third kappa shape index (κ3) is 4.89. The number of hydrogen-bond donors (Lipinski definition) is 1. The van der Waals surface area contributed by atoms with Crippen molar-refractivity contribution in [3.8, 4) is 0 Å². The number of hydrogen-bond acceptors (Lipinski definition) is 4. The van der Waals surface area contributed by atoms with E-state index in [0.29, 0.717) is 42.4 Å². The summed E-state index contributed by atoms with van der Waals surface area (Å²) >= 11 is 5.69. The molecule has 0 saturated heterocycles. The molecule has 0 unspecified atom stereocenters. The monoisotopic (exact) mass is 388 g/mol. The zero-order valence-corrected chi connectivity index (χ0v) is 15.2. The molecule has 0 bridgehead atoms. The lowest BCUT2D eigenvalue weighted by Crippen LogP contribution is -2.24. The third-order valence-electron chi connectivity index (χ3n) is 4.11. The molecule has 0 aliphatic rings. The van der Waals surface area contributed by atoms with Crippen molar-refractivity contribution in [3.63, 3.8) is 0 Å². The van der Waals surface area contributed by atoms with Crippen molar-refractivity contribution in [2.45, 2.75) is 32.2 Å². The topological polar surface area (TPSA) is 76.9 Å². The molecule has 0 atom stereocenters. The Morgan fingerprint density at radius 2 is 1.96 bits per heavy atom. The van der Waals surface area contributed by atoms with E-state index in [0.717, 1.165) is 6.42 Å². The highest BCUT2D eigenvalue weighted by atomic mass is 35.5. The molecule has 27 heavy (non-hydrogen) atoms. The van der Waals surface area contributed by atoms with Crippen LogP contribution in [0.15, 0.2) is 47.3 Å². The Kier molecular flexibility index (Phi) is 6.13. The summed E-state index contributed by atoms with van der Waals surface area (Å²) in [5.41, 5.74) is 0.882. The standard InChI is InChI=1S/C19H18ClFN4O2/c20-15-12-13(9-10-16(15)21)22-18(26)8-2-1-5-11-25-19(27)14-6-3-4-7-17(14)23-24-25/h3-4,6-7,9-10,12H,1-2,5,8,11H2,(H,22,26). The molecule has 3 rings (SSSR count). The van der Waals surface area contributed by atoms with Crippen LogP contribution in [-0.2, 0) is 11.3 Å². The number of nitrogens with zero attached hydrogens (tertiary/aromatic N) is 3. The quantitative estimate of drug-likeness (QED) is 0.625. The Bertz CT molecular complexity index is 1020. The summed E-state index contributed by atoms with van der Waals surface area (Å²) in [5.74, 6) is -0.693. The van der Waals surface area contributed by atoms with Gasteiger partial charge in [-0.3, -0.25) is 9.59 Å². The van der Waals surface area contributed by atoms with Crippen LogP contribution >= 0.6 is 11.6 Å². The van der Waals surface area contributed by atoms with Crippen LogP contribution in [0.5, 0.6) is 0 Å². The van der Waals surface area contributed by atoms with E-state index in [1.165, 1.54) is 22.9 Å². The van der Waals surface area contributed by atoms with Crippen molar-refractivity contribution >= 4 is 34.1 Å². The largest absolute Gasteiger partial charge is 0.326 e. The normalized spacial score (nSPS) is 10.9. The van der Waals surface area contributed by atoms with E-state index < -0.39 is 5.82 Å². The van der Waals surface area contributed by atoms with Gasteiger partial charge in [-0.05, 0) is 43.2 Å². The lowest BCUT2D eigenvalue weighted by Gasteiger charge is -2.07. The second-order valence-electron chi connectivity index (χ2n) is 6.12. The van der Waals surface area contributed by atoms with Gasteiger partial charge in [-0.25, -0.2) is 9.07 Å². The van der Waals surface area contributed by atoms with Crippen LogP contribution in [0.25, 0.3) is 10.9 Å². The molecule has 0 aliphatic carbocycles. The summed E-state index contributed by atoms with van der Waals surface area (Å²) in [5, 5.41) is 11.2. The van der Waals surface area contributed by atoms with E-state index >= 15 is 0 Å². The predicted molar refractivity (Wildman–Crippen MR) is 102 cm³/mol. The molecule has 1 N–H and O–H groups in total. The van der Waals surface area contributed by atoms with Gasteiger partial charge in [0.05, 0.1) is 10.4 Å². The maximum atomic E-state index is 13.1. The number of fused-ring (bicyclic) bond motifs is 1. The number of anilines is 1. The van der Waals surface area contributed by atoms with E-state index in [1.54, 1.807) is 18.2 Å². The number of nitrogens with one attached hydrogen (secondary N) is 1. The molecule has 0 saturated carbocycles. The highest BCUT2D eigenvalue weighted by molar-refractivity contribution is 6.31. The summed E-state index contributed by atoms with van der Waals surface area (Å²) in [6, 6.07) is 11.1. The first kappa shape index (κ1) is 19.0. The molecule has 1 aromatic heterocycles. The highest BCUT2D eigenvalue weighted by Crippen LogP contribution is 2.19. The summed E-state index contributed by atoms with van der Waals surface area (Å²) in [6.45, 7) is 0.450. The average molecular weight is 389 g/mol. The van der Waals surface area contributed by atoms with Crippen LogP contribution in [0.2, 0.25) is 5.02 Å². The van der Waals surface area contributed by atoms with Crippen molar-refractivity contribution < 1.29 is 9.18 Å². The summed E-state index contributed by atoms with van der Waals surface area (Å²) in [7, 11) is 0. The van der Waals surface area contributed by atoms with Gasteiger partial charge < -0.3 is 5.32 Å². The van der Waals surface area contributed by atoms with Crippen LogP contribution in [0.4, 0.5) is 10.1 Å². The van der Waals surface area contributed by atoms with Gasteiger partial charge in [0, 0.05) is 18.7 Å². The average Bonchev–Trinajstić information content (AvgIpc) is 2.66. The number of unbranched alkanes of at least 4 members (excludes halogenated alkanes) is 2. The smallest absolute Gasteiger partial charge is 0.277 e. The Morgan fingerprint density at radius 1 is 1.15 bits per heavy atom. The van der Waals surface area contributed by atoms with E-state index in [9.17, 15) is 14.0 Å². The maximum Gasteiger partial charge on any atom is 0.277 e. The molecule has 0 radical (unpaired) electrons. The summed E-state index contributed by atoms with van der Waals surface area (Å²) < 4.78 is 14.4. The fraction of sp³-hybridized carbons (Fsp3) is 0.263. The summed E-state index contributed by atoms with van der Waals surface area (Å²) in [4.78, 5) is 24.2. The zero-order chi connectivity index (χ0) is 19.2. The van der Waals surface area contributed by atoms with Crippen molar-refractivity contribution in [2.24, 2.45) is 0 Å². The molecule has 0 fully saturated rings.